The van der Waals surface area contributed by atoms with Gasteiger partial charge in [-0.25, -0.2) is 13.2 Å². The van der Waals surface area contributed by atoms with Crippen LogP contribution in [0, 0.1) is 17.5 Å². The predicted molar refractivity (Wildman–Crippen MR) is 148 cm³/mol. The van der Waals surface area contributed by atoms with E-state index in [2.05, 4.69) is 14.9 Å². The van der Waals surface area contributed by atoms with Gasteiger partial charge in [0, 0.05) is 36.8 Å². The Bertz CT molecular complexity index is 1630. The van der Waals surface area contributed by atoms with Crippen LogP contribution < -0.4 is 9.64 Å². The van der Waals surface area contributed by atoms with Crippen LogP contribution >= 0.6 is 0 Å². The third-order valence-electron chi connectivity index (χ3n) is 8.69. The number of nitrogens with zero attached hydrogens (tertiary/aromatic N) is 5. The van der Waals surface area contributed by atoms with Crippen LogP contribution in [0.3, 0.4) is 0 Å². The molecule has 0 amide bonds. The molecular formula is C30H30F3N5O3. The molecule has 0 saturated carbocycles. The molecule has 0 unspecified atom stereocenters. The van der Waals surface area contributed by atoms with E-state index in [-0.39, 0.29) is 44.8 Å². The minimum absolute atomic E-state index is 0.0410. The fourth-order valence-corrected chi connectivity index (χ4v) is 6.70. The molecule has 41 heavy (non-hydrogen) atoms. The molecule has 0 radical (unpaired) electrons. The molecule has 11 heteroatoms. The van der Waals surface area contributed by atoms with Crippen molar-refractivity contribution in [3.63, 3.8) is 0 Å². The molecule has 214 valence electrons. The lowest BCUT2D eigenvalue weighted by Crippen LogP contribution is -2.43. The Kier molecular flexibility index (Phi) is 6.58. The van der Waals surface area contributed by atoms with Crippen molar-refractivity contribution in [3.8, 4) is 23.0 Å². The van der Waals surface area contributed by atoms with Crippen molar-refractivity contribution in [3.05, 3.63) is 47.9 Å². The summed E-state index contributed by atoms with van der Waals surface area (Å²) >= 11 is 0. The molecule has 2 aromatic heterocycles. The number of anilines is 1. The first-order valence-electron chi connectivity index (χ1n) is 14.1. The number of phenols is 1. The molecule has 7 rings (SSSR count). The minimum atomic E-state index is -1.15. The molecule has 4 aromatic rings. The van der Waals surface area contributed by atoms with Gasteiger partial charge in [0.25, 0.3) is 0 Å². The Hall–Kier alpha value is -3.70. The molecular weight excluding hydrogens is 535 g/mol. The van der Waals surface area contributed by atoms with Gasteiger partial charge in [-0.3, -0.25) is 9.88 Å². The number of benzene rings is 2. The van der Waals surface area contributed by atoms with Crippen molar-refractivity contribution < 1.29 is 27.8 Å². The van der Waals surface area contributed by atoms with Crippen molar-refractivity contribution in [2.75, 3.05) is 50.9 Å². The van der Waals surface area contributed by atoms with E-state index < -0.39 is 17.5 Å². The van der Waals surface area contributed by atoms with E-state index in [1.54, 1.807) is 0 Å². The summed E-state index contributed by atoms with van der Waals surface area (Å²) in [5.41, 5.74) is -0.428. The monoisotopic (exact) mass is 565 g/mol. The summed E-state index contributed by atoms with van der Waals surface area (Å²) in [7, 11) is 0. The van der Waals surface area contributed by atoms with Crippen molar-refractivity contribution >= 4 is 27.5 Å². The Morgan fingerprint density at radius 3 is 2.61 bits per heavy atom. The zero-order valence-corrected chi connectivity index (χ0v) is 22.5. The van der Waals surface area contributed by atoms with Gasteiger partial charge in [0.05, 0.1) is 17.5 Å². The smallest absolute Gasteiger partial charge is 0.319 e. The summed E-state index contributed by atoms with van der Waals surface area (Å²) in [4.78, 5) is 18.0. The molecule has 5 heterocycles. The maximum absolute atomic E-state index is 16.5. The molecule has 0 bridgehead atoms. The van der Waals surface area contributed by atoms with E-state index in [0.717, 1.165) is 51.3 Å². The lowest BCUT2D eigenvalue weighted by molar-refractivity contribution is 0.108. The molecule has 3 aliphatic heterocycles. The summed E-state index contributed by atoms with van der Waals surface area (Å²) < 4.78 is 57.6. The highest BCUT2D eigenvalue weighted by atomic mass is 19.2. The van der Waals surface area contributed by atoms with Crippen molar-refractivity contribution in [1.29, 1.82) is 0 Å². The Morgan fingerprint density at radius 2 is 1.78 bits per heavy atom. The number of ether oxygens (including phenoxy) is 2. The maximum atomic E-state index is 16.5. The molecule has 2 aromatic carbocycles. The lowest BCUT2D eigenvalue weighted by Gasteiger charge is -2.31. The van der Waals surface area contributed by atoms with E-state index in [0.29, 0.717) is 44.1 Å². The van der Waals surface area contributed by atoms with Gasteiger partial charge in [-0.1, -0.05) is 6.07 Å². The Labute approximate surface area is 234 Å². The van der Waals surface area contributed by atoms with Crippen LogP contribution in [0.4, 0.5) is 19.0 Å². The van der Waals surface area contributed by atoms with Gasteiger partial charge >= 0.3 is 6.01 Å². The molecule has 0 atom stereocenters. The Morgan fingerprint density at radius 1 is 0.951 bits per heavy atom. The number of hydrogen-bond acceptors (Lipinski definition) is 8. The quantitative estimate of drug-likeness (QED) is 0.354. The first kappa shape index (κ1) is 26.2. The number of rotatable bonds is 5. The van der Waals surface area contributed by atoms with E-state index in [1.165, 1.54) is 24.4 Å². The van der Waals surface area contributed by atoms with Crippen LogP contribution in [0.5, 0.6) is 11.8 Å². The van der Waals surface area contributed by atoms with Crippen LogP contribution in [0.1, 0.15) is 32.1 Å². The summed E-state index contributed by atoms with van der Waals surface area (Å²) in [6.07, 6.45) is 6.51. The number of pyridine rings is 1. The fourth-order valence-electron chi connectivity index (χ4n) is 6.70. The van der Waals surface area contributed by atoms with Gasteiger partial charge in [0.1, 0.15) is 29.4 Å². The highest BCUT2D eigenvalue weighted by molar-refractivity contribution is 6.00. The average Bonchev–Trinajstić information content (AvgIpc) is 3.43. The van der Waals surface area contributed by atoms with Crippen molar-refractivity contribution in [1.82, 2.24) is 19.9 Å². The van der Waals surface area contributed by atoms with Crippen LogP contribution in [0.2, 0.25) is 0 Å². The number of fused-ring (bicyclic) bond motifs is 3. The Balaban J connectivity index is 1.37. The number of aromatic nitrogens is 3. The van der Waals surface area contributed by atoms with Crippen molar-refractivity contribution in [2.24, 2.45) is 0 Å². The topological polar surface area (TPSA) is 83.8 Å². The van der Waals surface area contributed by atoms with Gasteiger partial charge in [0.2, 0.25) is 0 Å². The normalized spacial score (nSPS) is 19.1. The molecule has 3 fully saturated rings. The van der Waals surface area contributed by atoms with Gasteiger partial charge in [-0.2, -0.15) is 9.97 Å². The molecule has 3 aliphatic rings. The maximum Gasteiger partial charge on any atom is 0.319 e. The number of aromatic hydroxyl groups is 1. The third kappa shape index (κ3) is 4.51. The zero-order valence-electron chi connectivity index (χ0n) is 22.5. The summed E-state index contributed by atoms with van der Waals surface area (Å²) in [6, 6.07) is 4.83. The molecule has 0 aliphatic carbocycles. The van der Waals surface area contributed by atoms with E-state index in [4.69, 9.17) is 14.5 Å². The summed E-state index contributed by atoms with van der Waals surface area (Å²) in [6.45, 7) is 4.79. The molecule has 3 saturated heterocycles. The van der Waals surface area contributed by atoms with Crippen LogP contribution in [-0.4, -0.2) is 76.5 Å². The minimum Gasteiger partial charge on any atom is -0.508 e. The number of phenolic OH excluding ortho intramolecular Hbond substituents is 1. The zero-order chi connectivity index (χ0) is 28.1. The second-order valence-corrected chi connectivity index (χ2v) is 11.1. The summed E-state index contributed by atoms with van der Waals surface area (Å²) in [5, 5.41) is 10.7. The van der Waals surface area contributed by atoms with Crippen LogP contribution in [0.15, 0.2) is 30.5 Å². The molecule has 0 spiro atoms. The first-order chi connectivity index (χ1) is 19.9. The second kappa shape index (κ2) is 10.3. The highest BCUT2D eigenvalue weighted by Crippen LogP contribution is 2.40. The lowest BCUT2D eigenvalue weighted by atomic mass is 9.95. The average molecular weight is 566 g/mol. The molecule has 8 nitrogen and oxygen atoms in total. The van der Waals surface area contributed by atoms with E-state index >= 15 is 8.78 Å². The number of hydrogen-bond donors (Lipinski definition) is 1. The standard InChI is InChI=1S/C30H30F3N5O3/c31-22-5-4-18-14-19(39)15-20(23(18)24(22)32)26-25(33)27-21(16-34-26)28(37-8-3-12-40-13-11-37)36-29(35-27)41-17-30-6-1-9-38(30)10-2-7-30/h4-5,14-16,39H,1-3,6-13,17H2. The van der Waals surface area contributed by atoms with Crippen LogP contribution in [-0.2, 0) is 4.74 Å². The van der Waals surface area contributed by atoms with Gasteiger partial charge in [-0.15, -0.1) is 0 Å². The summed E-state index contributed by atoms with van der Waals surface area (Å²) in [5.74, 6) is -2.80. The van der Waals surface area contributed by atoms with Gasteiger partial charge in [0.15, 0.2) is 17.5 Å². The van der Waals surface area contributed by atoms with E-state index in [9.17, 15) is 9.50 Å². The second-order valence-electron chi connectivity index (χ2n) is 11.1. The third-order valence-corrected chi connectivity index (χ3v) is 8.69. The first-order valence-corrected chi connectivity index (χ1v) is 14.1. The highest BCUT2D eigenvalue weighted by Gasteiger charge is 2.45. The predicted octanol–water partition coefficient (Wildman–Crippen LogP) is 5.20. The van der Waals surface area contributed by atoms with Crippen LogP contribution in [0.25, 0.3) is 32.9 Å². The molecule has 1 N–H and O–H groups in total. The van der Waals surface area contributed by atoms with Gasteiger partial charge in [-0.05, 0) is 68.8 Å². The largest absolute Gasteiger partial charge is 0.508 e. The number of halogens is 3. The SMILES string of the molecule is Oc1cc(-c2ncc3c(N4CCCOCC4)nc(OCC45CCCN4CCC5)nc3c2F)c2c(F)c(F)ccc2c1. The van der Waals surface area contributed by atoms with Gasteiger partial charge < -0.3 is 19.5 Å². The fraction of sp³-hybridized carbons (Fsp3) is 0.433. The van der Waals surface area contributed by atoms with Crippen molar-refractivity contribution in [2.45, 2.75) is 37.6 Å². The van der Waals surface area contributed by atoms with E-state index in [1.807, 2.05) is 4.90 Å².